The molecule has 4 nitrogen and oxygen atoms in total. The molecule has 0 aliphatic heterocycles. The van der Waals surface area contributed by atoms with Gasteiger partial charge in [-0.15, -0.1) is 0 Å². The van der Waals surface area contributed by atoms with Crippen molar-refractivity contribution < 1.29 is 15.0 Å². The summed E-state index contributed by atoms with van der Waals surface area (Å²) in [7, 11) is 0. The molecule has 0 fully saturated rings. The normalized spacial score (nSPS) is 9.30. The first-order valence-electron chi connectivity index (χ1n) is 6.51. The van der Waals surface area contributed by atoms with Gasteiger partial charge in [-0.25, -0.2) is 4.79 Å². The molecule has 0 spiro atoms. The van der Waals surface area contributed by atoms with Gasteiger partial charge in [-0.1, -0.05) is 44.2 Å². The van der Waals surface area contributed by atoms with Crippen LogP contribution >= 0.6 is 0 Å². The molecule has 2 aromatic carbocycles. The van der Waals surface area contributed by atoms with Gasteiger partial charge in [-0.2, -0.15) is 0 Å². The van der Waals surface area contributed by atoms with Gasteiger partial charge in [0.25, 0.3) is 0 Å². The van der Waals surface area contributed by atoms with Crippen molar-refractivity contribution in [2.75, 3.05) is 5.32 Å². The Hall–Kier alpha value is -2.49. The number of aromatic carboxylic acids is 1. The van der Waals surface area contributed by atoms with E-state index < -0.39 is 5.97 Å². The minimum atomic E-state index is -1.14. The van der Waals surface area contributed by atoms with Crippen molar-refractivity contribution in [3.63, 3.8) is 0 Å². The van der Waals surface area contributed by atoms with Gasteiger partial charge >= 0.3 is 5.97 Å². The lowest BCUT2D eigenvalue weighted by Gasteiger charge is -2.08. The molecule has 0 bridgehead atoms. The van der Waals surface area contributed by atoms with E-state index in [1.807, 2.05) is 44.2 Å². The molecule has 4 heteroatoms. The first kappa shape index (κ1) is 15.6. The smallest absolute Gasteiger partial charge is 0.339 e. The summed E-state index contributed by atoms with van der Waals surface area (Å²) in [5.41, 5.74) is 1.70. The van der Waals surface area contributed by atoms with Gasteiger partial charge in [0.1, 0.15) is 11.3 Å². The Morgan fingerprint density at radius 2 is 1.75 bits per heavy atom. The third-order valence-corrected chi connectivity index (χ3v) is 2.57. The zero-order chi connectivity index (χ0) is 15.0. The number of anilines is 1. The molecule has 0 atom stereocenters. The van der Waals surface area contributed by atoms with Crippen molar-refractivity contribution in [3.8, 4) is 5.75 Å². The fraction of sp³-hybridized carbons (Fsp3) is 0.188. The largest absolute Gasteiger partial charge is 0.507 e. The highest BCUT2D eigenvalue weighted by atomic mass is 16.4. The van der Waals surface area contributed by atoms with Crippen LogP contribution in [0.15, 0.2) is 48.5 Å². The Bertz CT molecular complexity index is 553. The summed E-state index contributed by atoms with van der Waals surface area (Å²) in [5, 5.41) is 21.4. The zero-order valence-electron chi connectivity index (χ0n) is 11.6. The summed E-state index contributed by atoms with van der Waals surface area (Å²) in [4.78, 5) is 10.7. The van der Waals surface area contributed by atoms with E-state index in [-0.39, 0.29) is 11.3 Å². The third-order valence-electron chi connectivity index (χ3n) is 2.57. The maximum atomic E-state index is 10.7. The molecule has 0 heterocycles. The molecule has 3 N–H and O–H groups in total. The van der Waals surface area contributed by atoms with Gasteiger partial charge in [-0.05, 0) is 17.7 Å². The minimum absolute atomic E-state index is 0.0970. The van der Waals surface area contributed by atoms with Crippen molar-refractivity contribution in [1.82, 2.24) is 0 Å². The number of carbonyl (C=O) groups is 1. The molecule has 0 aliphatic carbocycles. The van der Waals surface area contributed by atoms with E-state index in [0.717, 1.165) is 5.56 Å². The number of hydrogen-bond donors (Lipinski definition) is 3. The SMILES string of the molecule is CC.O=C(O)c1ccc(NCc2ccccc2)cc1O. The van der Waals surface area contributed by atoms with Crippen LogP contribution in [0, 0.1) is 0 Å². The lowest BCUT2D eigenvalue weighted by Crippen LogP contribution is -2.01. The van der Waals surface area contributed by atoms with Crippen molar-refractivity contribution in [2.24, 2.45) is 0 Å². The van der Waals surface area contributed by atoms with E-state index in [1.165, 1.54) is 12.1 Å². The van der Waals surface area contributed by atoms with E-state index in [1.54, 1.807) is 6.07 Å². The number of benzene rings is 2. The predicted molar refractivity (Wildman–Crippen MR) is 80.2 cm³/mol. The van der Waals surface area contributed by atoms with Gasteiger partial charge in [0.2, 0.25) is 0 Å². The molecule has 0 aromatic heterocycles. The van der Waals surface area contributed by atoms with Crippen molar-refractivity contribution >= 4 is 11.7 Å². The Morgan fingerprint density at radius 1 is 1.10 bits per heavy atom. The molecular formula is C16H19NO3. The molecule has 0 amide bonds. The summed E-state index contributed by atoms with van der Waals surface area (Å²) in [5.74, 6) is -1.37. The molecule has 20 heavy (non-hydrogen) atoms. The Morgan fingerprint density at radius 3 is 2.30 bits per heavy atom. The van der Waals surface area contributed by atoms with Crippen LogP contribution in [-0.4, -0.2) is 16.2 Å². The van der Waals surface area contributed by atoms with Crippen LogP contribution in [0.5, 0.6) is 5.75 Å². The van der Waals surface area contributed by atoms with Gasteiger partial charge < -0.3 is 15.5 Å². The van der Waals surface area contributed by atoms with Crippen LogP contribution in [0.3, 0.4) is 0 Å². The molecule has 0 saturated heterocycles. The Kier molecular flexibility index (Phi) is 6.10. The maximum absolute atomic E-state index is 10.7. The predicted octanol–water partition coefficient (Wildman–Crippen LogP) is 3.73. The molecule has 106 valence electrons. The van der Waals surface area contributed by atoms with E-state index in [9.17, 15) is 9.90 Å². The fourth-order valence-electron chi connectivity index (χ4n) is 1.62. The molecule has 0 unspecified atom stereocenters. The van der Waals surface area contributed by atoms with Crippen LogP contribution in [0.25, 0.3) is 0 Å². The third kappa shape index (κ3) is 4.31. The molecule has 2 rings (SSSR count). The lowest BCUT2D eigenvalue weighted by molar-refractivity contribution is 0.0694. The van der Waals surface area contributed by atoms with Crippen molar-refractivity contribution in [3.05, 3.63) is 59.7 Å². The van der Waals surface area contributed by atoms with Crippen LogP contribution in [0.1, 0.15) is 29.8 Å². The quantitative estimate of drug-likeness (QED) is 0.794. The van der Waals surface area contributed by atoms with E-state index in [4.69, 9.17) is 5.11 Å². The van der Waals surface area contributed by atoms with E-state index >= 15 is 0 Å². The number of phenols is 1. The van der Waals surface area contributed by atoms with Gasteiger partial charge in [-0.3, -0.25) is 0 Å². The first-order chi connectivity index (χ1) is 9.66. The highest BCUT2D eigenvalue weighted by Gasteiger charge is 2.09. The average Bonchev–Trinajstić information content (AvgIpc) is 2.48. The zero-order valence-corrected chi connectivity index (χ0v) is 11.6. The highest BCUT2D eigenvalue weighted by molar-refractivity contribution is 5.91. The fourth-order valence-corrected chi connectivity index (χ4v) is 1.62. The molecule has 0 saturated carbocycles. The second-order valence-corrected chi connectivity index (χ2v) is 3.88. The number of carboxylic acids is 1. The summed E-state index contributed by atoms with van der Waals surface area (Å²) in [6.07, 6.45) is 0. The molecule has 0 radical (unpaired) electrons. The standard InChI is InChI=1S/C14H13NO3.C2H6/c16-13-8-11(6-7-12(13)14(17)18)15-9-10-4-2-1-3-5-10;1-2/h1-8,15-16H,9H2,(H,17,18);1-2H3. The number of rotatable bonds is 4. The summed E-state index contributed by atoms with van der Waals surface area (Å²) in [6.45, 7) is 4.62. The van der Waals surface area contributed by atoms with Gasteiger partial charge in [0.05, 0.1) is 0 Å². The monoisotopic (exact) mass is 273 g/mol. The van der Waals surface area contributed by atoms with Crippen LogP contribution < -0.4 is 5.32 Å². The topological polar surface area (TPSA) is 69.6 Å². The van der Waals surface area contributed by atoms with Crippen molar-refractivity contribution in [1.29, 1.82) is 0 Å². The maximum Gasteiger partial charge on any atom is 0.339 e. The summed E-state index contributed by atoms with van der Waals surface area (Å²) < 4.78 is 0. The number of carboxylic acid groups (broad SMARTS) is 1. The number of nitrogens with one attached hydrogen (secondary N) is 1. The van der Waals surface area contributed by atoms with Crippen LogP contribution in [0.2, 0.25) is 0 Å². The van der Waals surface area contributed by atoms with E-state index in [0.29, 0.717) is 12.2 Å². The molecule has 0 aliphatic rings. The van der Waals surface area contributed by atoms with Gasteiger partial charge in [0, 0.05) is 18.3 Å². The number of hydrogen-bond acceptors (Lipinski definition) is 3. The molecular weight excluding hydrogens is 254 g/mol. The summed E-state index contributed by atoms with van der Waals surface area (Å²) in [6, 6.07) is 14.2. The minimum Gasteiger partial charge on any atom is -0.507 e. The van der Waals surface area contributed by atoms with E-state index in [2.05, 4.69) is 5.32 Å². The van der Waals surface area contributed by atoms with Crippen LogP contribution in [-0.2, 0) is 6.54 Å². The second-order valence-electron chi connectivity index (χ2n) is 3.88. The highest BCUT2D eigenvalue weighted by Crippen LogP contribution is 2.22. The Balaban J connectivity index is 0.000000956. The van der Waals surface area contributed by atoms with Gasteiger partial charge in [0.15, 0.2) is 0 Å². The lowest BCUT2D eigenvalue weighted by atomic mass is 10.1. The average molecular weight is 273 g/mol. The summed E-state index contributed by atoms with van der Waals surface area (Å²) >= 11 is 0. The first-order valence-corrected chi connectivity index (χ1v) is 6.51. The Labute approximate surface area is 118 Å². The molecule has 2 aromatic rings. The van der Waals surface area contributed by atoms with Crippen LogP contribution in [0.4, 0.5) is 5.69 Å². The van der Waals surface area contributed by atoms with Crippen molar-refractivity contribution in [2.45, 2.75) is 20.4 Å². The number of aromatic hydroxyl groups is 1. The second kappa shape index (κ2) is 7.84.